The van der Waals surface area contributed by atoms with E-state index in [2.05, 4.69) is 0 Å². The van der Waals surface area contributed by atoms with Crippen molar-refractivity contribution in [1.29, 1.82) is 0 Å². The summed E-state index contributed by atoms with van der Waals surface area (Å²) in [4.78, 5) is 32.9. The molecule has 1 amide bonds. The van der Waals surface area contributed by atoms with E-state index in [1.165, 1.54) is 0 Å². The van der Waals surface area contributed by atoms with Crippen LogP contribution in [0.15, 0.2) is 65.5 Å². The Balaban J connectivity index is 1.49. The van der Waals surface area contributed by atoms with E-state index in [4.69, 9.17) is 9.72 Å². The number of fused-ring (bicyclic) bond motifs is 1. The molecule has 2 aromatic carbocycles. The van der Waals surface area contributed by atoms with Gasteiger partial charge in [0, 0.05) is 12.1 Å². The number of carbonyl (C=O) groups excluding carboxylic acids is 1. The fourth-order valence-electron chi connectivity index (χ4n) is 5.07. The van der Waals surface area contributed by atoms with E-state index in [1.54, 1.807) is 9.47 Å². The molecule has 1 aliphatic carbocycles. The van der Waals surface area contributed by atoms with E-state index in [0.717, 1.165) is 36.8 Å². The molecular weight excluding hydrogens is 414 g/mol. The van der Waals surface area contributed by atoms with E-state index in [9.17, 15) is 9.59 Å². The van der Waals surface area contributed by atoms with Crippen LogP contribution in [0, 0.1) is 6.92 Å². The summed E-state index contributed by atoms with van der Waals surface area (Å²) >= 11 is 0. The van der Waals surface area contributed by atoms with Gasteiger partial charge in [0.25, 0.3) is 5.56 Å². The number of carbonyl (C=O) groups is 1. The van der Waals surface area contributed by atoms with Crippen LogP contribution >= 0.6 is 0 Å². The average Bonchev–Trinajstić information content (AvgIpc) is 3.35. The molecule has 6 nitrogen and oxygen atoms in total. The van der Waals surface area contributed by atoms with Crippen LogP contribution in [0.5, 0.6) is 0 Å². The Hall–Kier alpha value is -3.41. The van der Waals surface area contributed by atoms with Crippen molar-refractivity contribution in [2.24, 2.45) is 0 Å². The lowest BCUT2D eigenvalue weighted by Gasteiger charge is -2.30. The molecule has 1 saturated carbocycles. The van der Waals surface area contributed by atoms with Gasteiger partial charge in [-0.1, -0.05) is 60.7 Å². The van der Waals surface area contributed by atoms with Crippen molar-refractivity contribution in [1.82, 2.24) is 14.5 Å². The van der Waals surface area contributed by atoms with Crippen LogP contribution in [0.1, 0.15) is 59.9 Å². The number of hydrogen-bond donors (Lipinski definition) is 0. The number of ether oxygens (including phenoxy) is 1. The van der Waals surface area contributed by atoms with Crippen LogP contribution in [-0.4, -0.2) is 33.2 Å². The Morgan fingerprint density at radius 1 is 1.00 bits per heavy atom. The third-order valence-electron chi connectivity index (χ3n) is 6.76. The molecule has 1 aliphatic heterocycles. The van der Waals surface area contributed by atoms with Gasteiger partial charge in [-0.15, -0.1) is 0 Å². The van der Waals surface area contributed by atoms with Gasteiger partial charge in [-0.2, -0.15) is 0 Å². The second-order valence-corrected chi connectivity index (χ2v) is 8.95. The van der Waals surface area contributed by atoms with Crippen molar-refractivity contribution in [3.63, 3.8) is 0 Å². The first-order valence-electron chi connectivity index (χ1n) is 11.8. The molecule has 0 N–H and O–H groups in total. The molecule has 0 atom stereocenters. The Morgan fingerprint density at radius 2 is 1.61 bits per heavy atom. The van der Waals surface area contributed by atoms with Gasteiger partial charge in [-0.3, -0.25) is 9.36 Å². The van der Waals surface area contributed by atoms with Crippen molar-refractivity contribution >= 4 is 6.09 Å². The topological polar surface area (TPSA) is 64.4 Å². The summed E-state index contributed by atoms with van der Waals surface area (Å²) in [6.07, 6.45) is 4.34. The maximum Gasteiger partial charge on any atom is 0.410 e. The summed E-state index contributed by atoms with van der Waals surface area (Å²) in [7, 11) is 0. The minimum Gasteiger partial charge on any atom is -0.446 e. The second kappa shape index (κ2) is 9.22. The summed E-state index contributed by atoms with van der Waals surface area (Å²) in [5.74, 6) is 0.641. The highest BCUT2D eigenvalue weighted by molar-refractivity contribution is 5.68. The summed E-state index contributed by atoms with van der Waals surface area (Å²) in [6.45, 7) is 2.66. The van der Waals surface area contributed by atoms with Crippen LogP contribution < -0.4 is 5.56 Å². The normalized spacial score (nSPS) is 16.1. The molecule has 6 heteroatoms. The minimum atomic E-state index is -0.289. The van der Waals surface area contributed by atoms with Crippen LogP contribution in [0.3, 0.4) is 0 Å². The van der Waals surface area contributed by atoms with E-state index >= 15 is 0 Å². The molecular formula is C27H29N3O3. The molecule has 0 spiro atoms. The van der Waals surface area contributed by atoms with Gasteiger partial charge in [-0.25, -0.2) is 9.78 Å². The number of rotatable bonds is 4. The van der Waals surface area contributed by atoms with Crippen molar-refractivity contribution in [2.45, 2.75) is 57.7 Å². The standard InChI is InChI=1S/C27H29N3O3/c1-19-28-24-18-29(27(32)33-22-14-8-9-15-22)17-16-23(24)26(31)30(19)25(20-10-4-2-5-11-20)21-12-6-3-7-13-21/h2-7,10-13,22,25H,8-9,14-18H2,1H3. The van der Waals surface area contributed by atoms with Crippen molar-refractivity contribution < 1.29 is 9.53 Å². The monoisotopic (exact) mass is 443 g/mol. The van der Waals surface area contributed by atoms with E-state index in [0.29, 0.717) is 36.6 Å². The highest BCUT2D eigenvalue weighted by Crippen LogP contribution is 2.28. The summed E-state index contributed by atoms with van der Waals surface area (Å²) in [5.41, 5.74) is 3.42. The number of aromatic nitrogens is 2. The van der Waals surface area contributed by atoms with Crippen molar-refractivity contribution in [3.05, 3.63) is 99.2 Å². The molecule has 3 aromatic rings. The lowest BCUT2D eigenvalue weighted by Crippen LogP contribution is -2.42. The number of hydrogen-bond acceptors (Lipinski definition) is 4. The first-order valence-corrected chi connectivity index (χ1v) is 11.8. The van der Waals surface area contributed by atoms with Crippen LogP contribution in [-0.2, 0) is 17.7 Å². The second-order valence-electron chi connectivity index (χ2n) is 8.95. The minimum absolute atomic E-state index is 0.0269. The Kier molecular flexibility index (Phi) is 5.99. The van der Waals surface area contributed by atoms with Crippen LogP contribution in [0.25, 0.3) is 0 Å². The predicted molar refractivity (Wildman–Crippen MR) is 126 cm³/mol. The van der Waals surface area contributed by atoms with E-state index in [-0.39, 0.29) is 23.8 Å². The molecule has 5 rings (SSSR count). The molecule has 0 radical (unpaired) electrons. The van der Waals surface area contributed by atoms with Gasteiger partial charge < -0.3 is 9.64 Å². The van der Waals surface area contributed by atoms with Crippen molar-refractivity contribution in [3.8, 4) is 0 Å². The molecule has 0 saturated heterocycles. The smallest absolute Gasteiger partial charge is 0.410 e. The molecule has 1 fully saturated rings. The van der Waals surface area contributed by atoms with Gasteiger partial charge in [0.05, 0.1) is 18.3 Å². The zero-order chi connectivity index (χ0) is 22.8. The summed E-state index contributed by atoms with van der Waals surface area (Å²) in [5, 5.41) is 0. The Labute approximate surface area is 193 Å². The molecule has 33 heavy (non-hydrogen) atoms. The number of nitrogens with zero attached hydrogens (tertiary/aromatic N) is 3. The van der Waals surface area contributed by atoms with Crippen LogP contribution in [0.2, 0.25) is 0 Å². The Bertz CT molecular complexity index is 1140. The van der Waals surface area contributed by atoms with Gasteiger partial charge >= 0.3 is 6.09 Å². The quantitative estimate of drug-likeness (QED) is 0.590. The van der Waals surface area contributed by atoms with E-state index < -0.39 is 0 Å². The maximum atomic E-state index is 13.8. The zero-order valence-electron chi connectivity index (χ0n) is 18.9. The third kappa shape index (κ3) is 4.30. The highest BCUT2D eigenvalue weighted by atomic mass is 16.6. The maximum absolute atomic E-state index is 13.8. The third-order valence-corrected chi connectivity index (χ3v) is 6.76. The van der Waals surface area contributed by atoms with Gasteiger partial charge in [-0.05, 0) is 50.2 Å². The molecule has 0 unspecified atom stereocenters. The molecule has 0 bridgehead atoms. The fourth-order valence-corrected chi connectivity index (χ4v) is 5.07. The number of amides is 1. The highest BCUT2D eigenvalue weighted by Gasteiger charge is 2.30. The first-order chi connectivity index (χ1) is 16.1. The fraction of sp³-hybridized carbons (Fsp3) is 0.370. The lowest BCUT2D eigenvalue weighted by molar-refractivity contribution is 0.0612. The van der Waals surface area contributed by atoms with Crippen molar-refractivity contribution in [2.75, 3.05) is 6.54 Å². The van der Waals surface area contributed by atoms with Gasteiger partial charge in [0.1, 0.15) is 11.9 Å². The average molecular weight is 444 g/mol. The van der Waals surface area contributed by atoms with Gasteiger partial charge in [0.15, 0.2) is 0 Å². The zero-order valence-corrected chi connectivity index (χ0v) is 18.9. The predicted octanol–water partition coefficient (Wildman–Crippen LogP) is 4.63. The number of aryl methyl sites for hydroxylation is 1. The molecule has 170 valence electrons. The Morgan fingerprint density at radius 3 is 2.21 bits per heavy atom. The number of benzene rings is 2. The summed E-state index contributed by atoms with van der Waals surface area (Å²) in [6, 6.07) is 19.8. The SMILES string of the molecule is Cc1nc2c(c(=O)n1C(c1ccccc1)c1ccccc1)CCN(C(=O)OC1CCCC1)C2. The first kappa shape index (κ1) is 21.4. The molecule has 1 aromatic heterocycles. The lowest BCUT2D eigenvalue weighted by atomic mass is 9.97. The summed E-state index contributed by atoms with van der Waals surface area (Å²) < 4.78 is 7.48. The van der Waals surface area contributed by atoms with E-state index in [1.807, 2.05) is 67.6 Å². The van der Waals surface area contributed by atoms with Gasteiger partial charge in [0.2, 0.25) is 0 Å². The largest absolute Gasteiger partial charge is 0.446 e. The molecule has 2 heterocycles. The molecule has 2 aliphatic rings. The van der Waals surface area contributed by atoms with Crippen LogP contribution in [0.4, 0.5) is 4.79 Å².